The van der Waals surface area contributed by atoms with Gasteiger partial charge in [0.1, 0.15) is 47.9 Å². The van der Waals surface area contributed by atoms with E-state index < -0.39 is 58.8 Å². The van der Waals surface area contributed by atoms with E-state index in [-0.39, 0.29) is 140 Å². The predicted octanol–water partition coefficient (Wildman–Crippen LogP) is 4.82. The van der Waals surface area contributed by atoms with Gasteiger partial charge in [0.15, 0.2) is 5.82 Å². The number of nitrogens with zero attached hydrogens (tertiary/aromatic N) is 7. The summed E-state index contributed by atoms with van der Waals surface area (Å²) >= 11 is 0. The number of fused-ring (bicyclic) bond motifs is 6. The van der Waals surface area contributed by atoms with E-state index in [9.17, 15) is 33.9 Å². The van der Waals surface area contributed by atoms with E-state index in [0.29, 0.717) is 55.5 Å². The zero-order valence-corrected chi connectivity index (χ0v) is 43.9. The number of pyridine rings is 1. The molecule has 5 atom stereocenters. The first-order chi connectivity index (χ1) is 38.6. The number of likely N-dealkylation sites (N-methyl/N-ethyl adjacent to an activating group) is 1. The van der Waals surface area contributed by atoms with Gasteiger partial charge >= 0.3 is 12.1 Å². The number of carbonyl (C=O) groups is 6. The highest BCUT2D eigenvalue weighted by molar-refractivity contribution is 6.24. The lowest BCUT2D eigenvalue weighted by Gasteiger charge is -2.35. The van der Waals surface area contributed by atoms with Crippen molar-refractivity contribution in [2.24, 2.45) is 0 Å². The van der Waals surface area contributed by atoms with Crippen molar-refractivity contribution in [1.29, 1.82) is 0 Å². The number of rotatable bonds is 18. The molecule has 416 valence electrons. The maximum Gasteiger partial charge on any atom is 0.409 e. The Morgan fingerprint density at radius 3 is 2.51 bits per heavy atom. The average Bonchev–Trinajstić information content (AvgIpc) is 4.22. The van der Waals surface area contributed by atoms with Crippen molar-refractivity contribution < 1.29 is 61.6 Å². The first-order valence-corrected chi connectivity index (χ1v) is 26.6. The number of nitrogens with one attached hydrogen (secondary N) is 3. The highest BCUT2D eigenvalue weighted by Crippen LogP contribution is 2.45. The summed E-state index contributed by atoms with van der Waals surface area (Å²) in [5.41, 5.74) is 0.677. The number of aromatic nitrogens is 3. The van der Waals surface area contributed by atoms with Crippen LogP contribution in [-0.4, -0.2) is 173 Å². The van der Waals surface area contributed by atoms with Gasteiger partial charge < -0.3 is 44.5 Å². The second kappa shape index (κ2) is 22.2. The van der Waals surface area contributed by atoms with Crippen molar-refractivity contribution >= 4 is 68.8 Å². The molecule has 2 aromatic heterocycles. The number of hydrogen-bond acceptors (Lipinski definition) is 17. The molecule has 0 aliphatic carbocycles. The molecule has 2 bridgehead atoms. The van der Waals surface area contributed by atoms with Crippen LogP contribution in [0.2, 0.25) is 0 Å². The van der Waals surface area contributed by atoms with E-state index in [1.807, 2.05) is 0 Å². The number of phenolic OH excluding ortho intramolecular Hbond substituents is 1. The van der Waals surface area contributed by atoms with Crippen LogP contribution in [0.5, 0.6) is 11.8 Å². The van der Waals surface area contributed by atoms with E-state index in [0.717, 1.165) is 23.3 Å². The number of piperazine rings is 1. The maximum absolute atomic E-state index is 17.2. The molecule has 6 aliphatic rings. The van der Waals surface area contributed by atoms with E-state index in [4.69, 9.17) is 30.4 Å². The summed E-state index contributed by atoms with van der Waals surface area (Å²) in [6.07, 6.45) is 10.8. The van der Waals surface area contributed by atoms with E-state index >= 15 is 8.78 Å². The summed E-state index contributed by atoms with van der Waals surface area (Å²) in [7, 11) is 1.61. The summed E-state index contributed by atoms with van der Waals surface area (Å²) in [4.78, 5) is 96.7. The lowest BCUT2D eigenvalue weighted by molar-refractivity contribution is -0.136. The lowest BCUT2D eigenvalue weighted by atomic mass is 9.94. The zero-order chi connectivity index (χ0) is 56.0. The summed E-state index contributed by atoms with van der Waals surface area (Å²) < 4.78 is 55.9. The van der Waals surface area contributed by atoms with Crippen molar-refractivity contribution in [3.63, 3.8) is 0 Å². The smallest absolute Gasteiger partial charge is 0.409 e. The lowest BCUT2D eigenvalue weighted by Crippen LogP contribution is -2.54. The van der Waals surface area contributed by atoms with E-state index in [2.05, 4.69) is 48.2 Å². The van der Waals surface area contributed by atoms with Crippen molar-refractivity contribution in [3.05, 3.63) is 89.1 Å². The molecule has 23 heteroatoms. The second-order valence-electron chi connectivity index (χ2n) is 21.2. The van der Waals surface area contributed by atoms with Gasteiger partial charge in [0.25, 0.3) is 11.8 Å². The first kappa shape index (κ1) is 53.8. The molecule has 5 fully saturated rings. The topological polar surface area (TPSA) is 247 Å². The average molecular weight is 1100 g/mol. The number of ether oxygens (including phenoxy) is 4. The van der Waals surface area contributed by atoms with Gasteiger partial charge in [-0.25, -0.2) is 13.6 Å². The molecule has 3 unspecified atom stereocenters. The fraction of sp³-hybridized carbons (Fsp3) is 0.421. The molecule has 6 amide bonds. The van der Waals surface area contributed by atoms with Crippen molar-refractivity contribution in [1.82, 2.24) is 40.3 Å². The number of aromatic hydroxyl groups is 1. The summed E-state index contributed by atoms with van der Waals surface area (Å²) in [5.74, 6) is -1.71. The highest BCUT2D eigenvalue weighted by Gasteiger charge is 2.52. The number of benzene rings is 3. The molecule has 21 nitrogen and oxygen atoms in total. The maximum atomic E-state index is 17.2. The number of piperidine rings is 1. The van der Waals surface area contributed by atoms with Crippen LogP contribution < -0.4 is 25.6 Å². The van der Waals surface area contributed by atoms with Gasteiger partial charge in [-0.2, -0.15) is 9.97 Å². The van der Waals surface area contributed by atoms with Crippen molar-refractivity contribution in [2.75, 3.05) is 83.1 Å². The Bertz CT molecular complexity index is 3440. The van der Waals surface area contributed by atoms with Gasteiger partial charge in [0.2, 0.25) is 17.7 Å². The normalized spacial score (nSPS) is 22.4. The van der Waals surface area contributed by atoms with Crippen molar-refractivity contribution in [2.45, 2.75) is 81.1 Å². The van der Waals surface area contributed by atoms with E-state index in [1.54, 1.807) is 7.05 Å². The van der Waals surface area contributed by atoms with Crippen LogP contribution in [0.1, 0.15) is 77.6 Å². The molecule has 3 aromatic carbocycles. The molecule has 80 heavy (non-hydrogen) atoms. The third-order valence-corrected chi connectivity index (χ3v) is 15.9. The summed E-state index contributed by atoms with van der Waals surface area (Å²) in [6, 6.07) is 8.85. The third-order valence-electron chi connectivity index (χ3n) is 15.9. The fourth-order valence-corrected chi connectivity index (χ4v) is 12.0. The minimum absolute atomic E-state index is 0.00244. The first-order valence-electron chi connectivity index (χ1n) is 26.6. The number of imide groups is 2. The number of halogens is 2. The number of carbonyl (C=O) groups excluding carboxylic acids is 6. The number of phenols is 1. The Morgan fingerprint density at radius 1 is 0.963 bits per heavy atom. The summed E-state index contributed by atoms with van der Waals surface area (Å²) in [6.45, 7) is 7.26. The third kappa shape index (κ3) is 10.5. The number of amides is 6. The van der Waals surface area contributed by atoms with Crippen LogP contribution >= 0.6 is 0 Å². The summed E-state index contributed by atoms with van der Waals surface area (Å²) in [5, 5.41) is 20.2. The molecule has 0 radical (unpaired) electrons. The van der Waals surface area contributed by atoms with Gasteiger partial charge in [-0.3, -0.25) is 44.1 Å². The predicted molar refractivity (Wildman–Crippen MR) is 286 cm³/mol. The molecule has 8 heterocycles. The quantitative estimate of drug-likeness (QED) is 0.0397. The molecule has 0 saturated carbocycles. The van der Waals surface area contributed by atoms with Crippen molar-refractivity contribution in [3.8, 4) is 35.4 Å². The monoisotopic (exact) mass is 1100 g/mol. The standard InChI is InChI=1S/C57H58F2N10O11/c1-4-38-43(58)10-5-32-21-37(70)23-41(47(32)38)49-48(59)50-42(25-60-49)51(67-27-34-6-7-35(28-67)61-34)65-55(64-50)80-30-57-15-13-36(68(57)26-31(2)24-57)29-79-56(76)66(3)16-18-78-20-19-77-17-14-46(72)62-33-8-9-39-40(22-33)54(75)69(53(39)74)44-11-12-45(71)63-52(44)73/h1,5,8-10,21-23,25,34-36,44,61,70H,2,6-7,11-20,24,26-30H2,3H3,(H,62,72)(H,63,71,73)/t34?,35?,36-,44?,57-/m0/s1. The Labute approximate surface area is 457 Å². The second-order valence-corrected chi connectivity index (χ2v) is 21.2. The van der Waals surface area contributed by atoms with Gasteiger partial charge in [-0.15, -0.1) is 6.42 Å². The van der Waals surface area contributed by atoms with Crippen LogP contribution in [0, 0.1) is 24.0 Å². The van der Waals surface area contributed by atoms with Gasteiger partial charge in [0, 0.05) is 80.6 Å². The van der Waals surface area contributed by atoms with Crippen LogP contribution in [0.15, 0.2) is 60.8 Å². The minimum atomic E-state index is -1.10. The molecule has 6 aliphatic heterocycles. The molecule has 4 N–H and O–H groups in total. The highest BCUT2D eigenvalue weighted by atomic mass is 19.1. The molecule has 5 aromatic rings. The Hall–Kier alpha value is -8.17. The Kier molecular flexibility index (Phi) is 14.9. The number of hydrogen-bond donors (Lipinski definition) is 4. The van der Waals surface area contributed by atoms with Crippen LogP contribution in [0.3, 0.4) is 0 Å². The molecule has 0 spiro atoms. The molecule has 5 saturated heterocycles. The molecular weight excluding hydrogens is 1040 g/mol. The zero-order valence-electron chi connectivity index (χ0n) is 43.9. The van der Waals surface area contributed by atoms with Crippen LogP contribution in [0.4, 0.5) is 25.1 Å². The number of terminal acetylenes is 1. The molecular formula is C57H58F2N10O11. The van der Waals surface area contributed by atoms with Gasteiger partial charge in [-0.1, -0.05) is 24.1 Å². The minimum Gasteiger partial charge on any atom is -0.508 e. The largest absolute Gasteiger partial charge is 0.508 e. The van der Waals surface area contributed by atoms with Crippen LogP contribution in [0.25, 0.3) is 32.9 Å². The van der Waals surface area contributed by atoms with Gasteiger partial charge in [-0.05, 0) is 80.3 Å². The van der Waals surface area contributed by atoms with E-state index in [1.165, 1.54) is 53.6 Å². The Morgan fingerprint density at radius 2 is 1.74 bits per heavy atom. The molecule has 11 rings (SSSR count). The fourth-order valence-electron chi connectivity index (χ4n) is 12.0. The Balaban J connectivity index is 0.659. The van der Waals surface area contributed by atoms with Crippen LogP contribution in [-0.2, 0) is 28.6 Å². The number of anilines is 2. The SMILES string of the molecule is C#Cc1c(F)ccc2cc(O)cc(-c3ncc4c(N5CC6CCC(C5)N6)nc(OC[C@@]56CC[C@@H](COC(=O)N(C)CCOCCOCCC(=O)Nc7ccc8c(c7)C(=O)N(C7CCC(=O)NC7=O)C8=O)N5CC(=C)C6)nc4c3F)c12. The van der Waals surface area contributed by atoms with Gasteiger partial charge in [0.05, 0.1) is 60.5 Å².